The zero-order chi connectivity index (χ0) is 12.1. The zero-order valence-electron chi connectivity index (χ0n) is 9.84. The highest BCUT2D eigenvalue weighted by Crippen LogP contribution is 2.10. The average molecular weight is 225 g/mol. The summed E-state index contributed by atoms with van der Waals surface area (Å²) in [5.74, 6) is 0.0610. The van der Waals surface area contributed by atoms with Crippen LogP contribution in [-0.2, 0) is 0 Å². The maximum atomic E-state index is 11.7. The van der Waals surface area contributed by atoms with E-state index in [9.17, 15) is 4.79 Å². The normalized spacial score (nSPS) is 10.9. The molecule has 17 heavy (non-hydrogen) atoms. The topological polar surface area (TPSA) is 22.0 Å². The SMILES string of the molecule is CC/C=C/C(=O)c1ccc(-n2cccc2)cc1. The molecule has 0 N–H and O–H groups in total. The van der Waals surface area contributed by atoms with Gasteiger partial charge in [-0.1, -0.05) is 13.0 Å². The fourth-order valence-corrected chi connectivity index (χ4v) is 1.63. The summed E-state index contributed by atoms with van der Waals surface area (Å²) in [5.41, 5.74) is 1.79. The Bertz CT molecular complexity index is 506. The van der Waals surface area contributed by atoms with Gasteiger partial charge in [0.1, 0.15) is 0 Å². The molecule has 0 saturated carbocycles. The molecule has 0 aliphatic heterocycles. The summed E-state index contributed by atoms with van der Waals surface area (Å²) in [6, 6.07) is 11.6. The average Bonchev–Trinajstić information content (AvgIpc) is 2.90. The fourth-order valence-electron chi connectivity index (χ4n) is 1.63. The molecular formula is C15H15NO. The first-order valence-electron chi connectivity index (χ1n) is 5.75. The number of aromatic nitrogens is 1. The second-order valence-electron chi connectivity index (χ2n) is 3.81. The molecule has 0 atom stereocenters. The summed E-state index contributed by atoms with van der Waals surface area (Å²) in [6.45, 7) is 2.01. The first kappa shape index (κ1) is 11.4. The minimum atomic E-state index is 0.0610. The Morgan fingerprint density at radius 1 is 1.18 bits per heavy atom. The van der Waals surface area contributed by atoms with Crippen molar-refractivity contribution in [1.82, 2.24) is 4.57 Å². The van der Waals surface area contributed by atoms with Gasteiger partial charge in [0.2, 0.25) is 0 Å². The van der Waals surface area contributed by atoms with E-state index in [0.717, 1.165) is 17.7 Å². The van der Waals surface area contributed by atoms with Crippen LogP contribution in [-0.4, -0.2) is 10.4 Å². The van der Waals surface area contributed by atoms with E-state index in [-0.39, 0.29) is 5.78 Å². The number of allylic oxidation sites excluding steroid dienone is 2. The number of hydrogen-bond acceptors (Lipinski definition) is 1. The summed E-state index contributed by atoms with van der Waals surface area (Å²) in [4.78, 5) is 11.7. The van der Waals surface area contributed by atoms with Gasteiger partial charge in [-0.15, -0.1) is 0 Å². The second kappa shape index (κ2) is 5.30. The van der Waals surface area contributed by atoms with Crippen LogP contribution in [0.5, 0.6) is 0 Å². The van der Waals surface area contributed by atoms with Gasteiger partial charge in [-0.2, -0.15) is 0 Å². The van der Waals surface area contributed by atoms with E-state index in [1.807, 2.05) is 66.4 Å². The van der Waals surface area contributed by atoms with Crippen molar-refractivity contribution in [3.05, 3.63) is 66.5 Å². The van der Waals surface area contributed by atoms with Gasteiger partial charge in [0.25, 0.3) is 0 Å². The van der Waals surface area contributed by atoms with E-state index < -0.39 is 0 Å². The van der Waals surface area contributed by atoms with Crippen LogP contribution in [0.3, 0.4) is 0 Å². The number of carbonyl (C=O) groups is 1. The molecule has 1 aromatic heterocycles. The molecule has 86 valence electrons. The third-order valence-electron chi connectivity index (χ3n) is 2.56. The second-order valence-corrected chi connectivity index (χ2v) is 3.81. The molecule has 0 fully saturated rings. The Labute approximate surface area is 101 Å². The smallest absolute Gasteiger partial charge is 0.185 e. The summed E-state index contributed by atoms with van der Waals surface area (Å²) in [7, 11) is 0. The summed E-state index contributed by atoms with van der Waals surface area (Å²) >= 11 is 0. The Balaban J connectivity index is 2.19. The molecule has 0 amide bonds. The third kappa shape index (κ3) is 2.72. The van der Waals surface area contributed by atoms with Gasteiger partial charge in [0, 0.05) is 23.6 Å². The van der Waals surface area contributed by atoms with Crippen LogP contribution in [0.15, 0.2) is 60.9 Å². The summed E-state index contributed by atoms with van der Waals surface area (Å²) < 4.78 is 2.01. The first-order valence-corrected chi connectivity index (χ1v) is 5.75. The fraction of sp³-hybridized carbons (Fsp3) is 0.133. The van der Waals surface area contributed by atoms with Gasteiger partial charge in [0.15, 0.2) is 5.78 Å². The lowest BCUT2D eigenvalue weighted by Gasteiger charge is -2.03. The molecular weight excluding hydrogens is 210 g/mol. The number of hydrogen-bond donors (Lipinski definition) is 0. The molecule has 0 aliphatic rings. The largest absolute Gasteiger partial charge is 0.324 e. The molecule has 2 nitrogen and oxygen atoms in total. The lowest BCUT2D eigenvalue weighted by atomic mass is 10.1. The van der Waals surface area contributed by atoms with Crippen molar-refractivity contribution < 1.29 is 4.79 Å². The van der Waals surface area contributed by atoms with Crippen molar-refractivity contribution in [2.75, 3.05) is 0 Å². The van der Waals surface area contributed by atoms with Crippen molar-refractivity contribution in [3.63, 3.8) is 0 Å². The molecule has 0 aliphatic carbocycles. The Morgan fingerprint density at radius 2 is 1.82 bits per heavy atom. The van der Waals surface area contributed by atoms with Crippen LogP contribution < -0.4 is 0 Å². The lowest BCUT2D eigenvalue weighted by Crippen LogP contribution is -1.95. The highest BCUT2D eigenvalue weighted by atomic mass is 16.1. The van der Waals surface area contributed by atoms with Crippen molar-refractivity contribution in [3.8, 4) is 5.69 Å². The van der Waals surface area contributed by atoms with Crippen LogP contribution >= 0.6 is 0 Å². The van der Waals surface area contributed by atoms with Crippen molar-refractivity contribution in [1.29, 1.82) is 0 Å². The minimum absolute atomic E-state index is 0.0610. The third-order valence-corrected chi connectivity index (χ3v) is 2.56. The maximum absolute atomic E-state index is 11.7. The Morgan fingerprint density at radius 3 is 2.41 bits per heavy atom. The van der Waals surface area contributed by atoms with E-state index >= 15 is 0 Å². The lowest BCUT2D eigenvalue weighted by molar-refractivity contribution is 0.104. The van der Waals surface area contributed by atoms with E-state index in [4.69, 9.17) is 0 Å². The number of carbonyl (C=O) groups excluding carboxylic acids is 1. The highest BCUT2D eigenvalue weighted by Gasteiger charge is 2.01. The zero-order valence-corrected chi connectivity index (χ0v) is 9.84. The predicted molar refractivity (Wildman–Crippen MR) is 69.5 cm³/mol. The molecule has 1 aromatic carbocycles. The molecule has 0 saturated heterocycles. The molecule has 2 heteroatoms. The van der Waals surface area contributed by atoms with Crippen LogP contribution in [0.25, 0.3) is 5.69 Å². The van der Waals surface area contributed by atoms with Crippen LogP contribution in [0.4, 0.5) is 0 Å². The first-order chi connectivity index (χ1) is 8.31. The molecule has 1 heterocycles. The molecule has 0 unspecified atom stereocenters. The minimum Gasteiger partial charge on any atom is -0.324 e. The number of nitrogens with zero attached hydrogens (tertiary/aromatic N) is 1. The maximum Gasteiger partial charge on any atom is 0.185 e. The standard InChI is InChI=1S/C15H15NO/c1-2-3-6-15(17)13-7-9-14(10-8-13)16-11-4-5-12-16/h3-12H,2H2,1H3/b6-3+. The summed E-state index contributed by atoms with van der Waals surface area (Å²) in [6.07, 6.45) is 8.35. The Kier molecular flexibility index (Phi) is 3.55. The van der Waals surface area contributed by atoms with E-state index in [0.29, 0.717) is 0 Å². The Hall–Kier alpha value is -2.09. The van der Waals surface area contributed by atoms with E-state index in [1.54, 1.807) is 6.08 Å². The van der Waals surface area contributed by atoms with Gasteiger partial charge < -0.3 is 4.57 Å². The van der Waals surface area contributed by atoms with Gasteiger partial charge >= 0.3 is 0 Å². The van der Waals surface area contributed by atoms with Crippen LogP contribution in [0.1, 0.15) is 23.7 Å². The number of rotatable bonds is 4. The number of ketones is 1. The molecule has 2 rings (SSSR count). The van der Waals surface area contributed by atoms with Gasteiger partial charge in [-0.3, -0.25) is 4.79 Å². The monoisotopic (exact) mass is 225 g/mol. The van der Waals surface area contributed by atoms with Gasteiger partial charge in [0.05, 0.1) is 0 Å². The van der Waals surface area contributed by atoms with E-state index in [2.05, 4.69) is 0 Å². The van der Waals surface area contributed by atoms with Crippen LogP contribution in [0.2, 0.25) is 0 Å². The quantitative estimate of drug-likeness (QED) is 0.575. The number of benzene rings is 1. The highest BCUT2D eigenvalue weighted by molar-refractivity contribution is 6.04. The van der Waals surface area contributed by atoms with Crippen LogP contribution in [0, 0.1) is 0 Å². The van der Waals surface area contributed by atoms with Crippen molar-refractivity contribution in [2.45, 2.75) is 13.3 Å². The molecule has 0 bridgehead atoms. The molecule has 2 aromatic rings. The molecule has 0 spiro atoms. The van der Waals surface area contributed by atoms with Crippen molar-refractivity contribution >= 4 is 5.78 Å². The predicted octanol–water partition coefficient (Wildman–Crippen LogP) is 3.63. The van der Waals surface area contributed by atoms with Crippen molar-refractivity contribution in [2.24, 2.45) is 0 Å². The van der Waals surface area contributed by atoms with Gasteiger partial charge in [-0.05, 0) is 48.9 Å². The van der Waals surface area contributed by atoms with E-state index in [1.165, 1.54) is 0 Å². The van der Waals surface area contributed by atoms with Gasteiger partial charge in [-0.25, -0.2) is 0 Å². The molecule has 0 radical (unpaired) electrons. The summed E-state index contributed by atoms with van der Waals surface area (Å²) in [5, 5.41) is 0.